The van der Waals surface area contributed by atoms with E-state index in [1.807, 2.05) is 24.3 Å². The maximum Gasteiger partial charge on any atom is 0.262 e. The van der Waals surface area contributed by atoms with Crippen LogP contribution in [0.3, 0.4) is 0 Å². The van der Waals surface area contributed by atoms with Crippen LogP contribution in [0.2, 0.25) is 5.02 Å². The highest BCUT2D eigenvalue weighted by atomic mass is 35.5. The summed E-state index contributed by atoms with van der Waals surface area (Å²) in [6, 6.07) is 15.2. The molecule has 1 heterocycles. The lowest BCUT2D eigenvalue weighted by atomic mass is 9.49. The third kappa shape index (κ3) is 3.82. The molecule has 3 atom stereocenters. The number of rotatable bonds is 4. The molecule has 2 aliphatic carbocycles. The number of nitrogens with one attached hydrogen (secondary N) is 1. The fourth-order valence-corrected chi connectivity index (χ4v) is 8.14. The number of halogens is 1. The molecule has 2 aromatic carbocycles. The minimum absolute atomic E-state index is 0.0343. The van der Waals surface area contributed by atoms with Crippen LogP contribution in [0.4, 0.5) is 0 Å². The lowest BCUT2D eigenvalue weighted by Crippen LogP contribution is -2.53. The predicted molar refractivity (Wildman–Crippen MR) is 141 cm³/mol. The summed E-state index contributed by atoms with van der Waals surface area (Å²) in [7, 11) is 0. The van der Waals surface area contributed by atoms with E-state index in [4.69, 9.17) is 11.6 Å². The maximum atomic E-state index is 13.2. The van der Waals surface area contributed by atoms with Gasteiger partial charge in [-0.2, -0.15) is 0 Å². The zero-order valence-electron chi connectivity index (χ0n) is 20.1. The molecule has 5 rings (SSSR count). The monoisotopic (exact) mass is 479 g/mol. The molecule has 1 fully saturated rings. The Labute approximate surface area is 206 Å². The molecule has 0 aliphatic heterocycles. The molecule has 0 bridgehead atoms. The van der Waals surface area contributed by atoms with E-state index in [0.29, 0.717) is 28.3 Å². The van der Waals surface area contributed by atoms with Crippen LogP contribution < -0.4 is 5.32 Å². The Morgan fingerprint density at radius 3 is 2.73 bits per heavy atom. The van der Waals surface area contributed by atoms with Crippen molar-refractivity contribution in [1.82, 2.24) is 5.32 Å². The summed E-state index contributed by atoms with van der Waals surface area (Å²) in [5.74, 6) is 1.07. The Morgan fingerprint density at radius 1 is 1.18 bits per heavy atom. The van der Waals surface area contributed by atoms with Gasteiger partial charge in [-0.25, -0.2) is 0 Å². The molecule has 1 amide bonds. The topological polar surface area (TPSA) is 29.1 Å². The molecule has 2 nitrogen and oxygen atoms in total. The highest BCUT2D eigenvalue weighted by Crippen LogP contribution is 2.57. The minimum atomic E-state index is -0.0343. The summed E-state index contributed by atoms with van der Waals surface area (Å²) < 4.78 is 1.06. The average Bonchev–Trinajstić information content (AvgIpc) is 3.14. The maximum absolute atomic E-state index is 13.2. The molecule has 0 radical (unpaired) electrons. The molecular formula is C29H34ClNOS. The van der Waals surface area contributed by atoms with E-state index in [-0.39, 0.29) is 16.7 Å². The van der Waals surface area contributed by atoms with E-state index in [1.165, 1.54) is 41.7 Å². The van der Waals surface area contributed by atoms with Crippen LogP contribution in [0.5, 0.6) is 0 Å². The first-order chi connectivity index (χ1) is 15.7. The summed E-state index contributed by atoms with van der Waals surface area (Å²) in [4.78, 5) is 13.8. The standard InChI is InChI=1S/C29H34ClNOS/c1-18(2)20-11-10-19-12-13-24-28(3,14-7-15-29(24,4)22(19)16-20)17-31-27(32)26-25(30)21-8-5-6-9-23(21)33-26/h5-6,8-11,16,18,24H,7,12-15,17H2,1-4H3,(H,31,32). The van der Waals surface area contributed by atoms with Crippen molar-refractivity contribution in [1.29, 1.82) is 0 Å². The van der Waals surface area contributed by atoms with Gasteiger partial charge >= 0.3 is 0 Å². The van der Waals surface area contributed by atoms with E-state index in [2.05, 4.69) is 51.2 Å². The molecule has 174 valence electrons. The largest absolute Gasteiger partial charge is 0.351 e. The third-order valence-electron chi connectivity index (χ3n) is 8.57. The summed E-state index contributed by atoms with van der Waals surface area (Å²) in [5.41, 5.74) is 4.79. The van der Waals surface area contributed by atoms with Crippen molar-refractivity contribution in [3.63, 3.8) is 0 Å². The molecule has 0 spiro atoms. The number of aryl methyl sites for hydroxylation is 1. The summed E-state index contributed by atoms with van der Waals surface area (Å²) >= 11 is 8.08. The van der Waals surface area contributed by atoms with E-state index < -0.39 is 0 Å². The number of benzene rings is 2. The van der Waals surface area contributed by atoms with Gasteiger partial charge in [-0.1, -0.05) is 82.1 Å². The number of hydrogen-bond acceptors (Lipinski definition) is 2. The Kier molecular flexibility index (Phi) is 5.86. The zero-order valence-corrected chi connectivity index (χ0v) is 21.7. The number of fused-ring (bicyclic) bond motifs is 4. The van der Waals surface area contributed by atoms with Crippen molar-refractivity contribution in [3.8, 4) is 0 Å². The Hall–Kier alpha value is -1.84. The molecule has 4 heteroatoms. The van der Waals surface area contributed by atoms with Gasteiger partial charge in [0, 0.05) is 16.6 Å². The van der Waals surface area contributed by atoms with E-state index in [0.717, 1.165) is 22.9 Å². The van der Waals surface area contributed by atoms with E-state index in [9.17, 15) is 4.79 Å². The number of hydrogen-bond donors (Lipinski definition) is 1. The van der Waals surface area contributed by atoms with Crippen LogP contribution in [0.15, 0.2) is 42.5 Å². The van der Waals surface area contributed by atoms with Gasteiger partial charge in [0.15, 0.2) is 0 Å². The summed E-state index contributed by atoms with van der Waals surface area (Å²) in [5, 5.41) is 4.85. The molecule has 1 aromatic heterocycles. The number of carbonyl (C=O) groups is 1. The molecule has 3 aromatic rings. The first-order valence-electron chi connectivity index (χ1n) is 12.3. The molecule has 0 saturated heterocycles. The summed E-state index contributed by atoms with van der Waals surface area (Å²) in [6.45, 7) is 10.2. The van der Waals surface area contributed by atoms with Gasteiger partial charge in [0.25, 0.3) is 5.91 Å². The second-order valence-electron chi connectivity index (χ2n) is 11.0. The first-order valence-corrected chi connectivity index (χ1v) is 13.5. The van der Waals surface area contributed by atoms with Gasteiger partial charge < -0.3 is 5.32 Å². The van der Waals surface area contributed by atoms with Crippen LogP contribution in [0.25, 0.3) is 10.1 Å². The SMILES string of the molecule is CC(C)c1ccc2c(c1)C1(C)CCCC(C)(CNC(=O)c3sc4ccccc4c3Cl)C1CC2. The Balaban J connectivity index is 1.40. The second-order valence-corrected chi connectivity index (χ2v) is 12.4. The zero-order chi connectivity index (χ0) is 23.4. The quantitative estimate of drug-likeness (QED) is 0.402. The van der Waals surface area contributed by atoms with Crippen LogP contribution >= 0.6 is 22.9 Å². The highest BCUT2D eigenvalue weighted by molar-refractivity contribution is 7.21. The van der Waals surface area contributed by atoms with Gasteiger partial charge in [-0.15, -0.1) is 11.3 Å². The molecular weight excluding hydrogens is 446 g/mol. The van der Waals surface area contributed by atoms with Gasteiger partial charge in [0.1, 0.15) is 4.88 Å². The molecule has 3 unspecified atom stereocenters. The van der Waals surface area contributed by atoms with Crippen LogP contribution in [-0.2, 0) is 11.8 Å². The molecule has 33 heavy (non-hydrogen) atoms. The fraction of sp³-hybridized carbons (Fsp3) is 0.483. The smallest absolute Gasteiger partial charge is 0.262 e. The molecule has 1 N–H and O–H groups in total. The lowest BCUT2D eigenvalue weighted by Gasteiger charge is -2.55. The van der Waals surface area contributed by atoms with Crippen LogP contribution in [-0.4, -0.2) is 12.5 Å². The van der Waals surface area contributed by atoms with E-state index in [1.54, 1.807) is 5.56 Å². The van der Waals surface area contributed by atoms with Crippen molar-refractivity contribution in [2.75, 3.05) is 6.54 Å². The van der Waals surface area contributed by atoms with Crippen LogP contribution in [0.1, 0.15) is 85.7 Å². The number of thiophene rings is 1. The highest BCUT2D eigenvalue weighted by Gasteiger charge is 2.51. The molecule has 2 aliphatic rings. The van der Waals surface area contributed by atoms with Gasteiger partial charge in [0.05, 0.1) is 5.02 Å². The van der Waals surface area contributed by atoms with Crippen molar-refractivity contribution in [3.05, 3.63) is 69.1 Å². The molecule has 1 saturated carbocycles. The van der Waals surface area contributed by atoms with E-state index >= 15 is 0 Å². The van der Waals surface area contributed by atoms with Crippen molar-refractivity contribution in [2.45, 2.75) is 71.1 Å². The third-order valence-corrected chi connectivity index (χ3v) is 10.2. The predicted octanol–water partition coefficient (Wildman–Crippen LogP) is 8.12. The number of amides is 1. The lowest BCUT2D eigenvalue weighted by molar-refractivity contribution is 0.0254. The van der Waals surface area contributed by atoms with Crippen LogP contribution in [0, 0.1) is 11.3 Å². The van der Waals surface area contributed by atoms with Gasteiger partial charge in [-0.3, -0.25) is 4.79 Å². The minimum Gasteiger partial charge on any atom is -0.351 e. The van der Waals surface area contributed by atoms with Crippen molar-refractivity contribution in [2.24, 2.45) is 11.3 Å². The number of carbonyl (C=O) groups excluding carboxylic acids is 1. The van der Waals surface area contributed by atoms with Gasteiger partial charge in [-0.05, 0) is 71.1 Å². The average molecular weight is 480 g/mol. The summed E-state index contributed by atoms with van der Waals surface area (Å²) in [6.07, 6.45) is 5.93. The van der Waals surface area contributed by atoms with Gasteiger partial charge in [0.2, 0.25) is 0 Å². The fourth-order valence-electron chi connectivity index (χ4n) is 6.70. The Bertz CT molecular complexity index is 1210. The Morgan fingerprint density at radius 2 is 1.97 bits per heavy atom. The second kappa shape index (κ2) is 8.43. The van der Waals surface area contributed by atoms with Crippen molar-refractivity contribution < 1.29 is 4.79 Å². The normalized spacial score (nSPS) is 26.8. The first kappa shape index (κ1) is 22.9. The van der Waals surface area contributed by atoms with Crippen molar-refractivity contribution >= 4 is 38.9 Å².